The highest BCUT2D eigenvalue weighted by molar-refractivity contribution is 6.02. The van der Waals surface area contributed by atoms with Gasteiger partial charge in [-0.3, -0.25) is 0 Å². The minimum absolute atomic E-state index is 0.136. The number of benzene rings is 1. The molecule has 0 aliphatic carbocycles. The normalized spacial score (nSPS) is 23.6. The summed E-state index contributed by atoms with van der Waals surface area (Å²) in [6.45, 7) is 4.89. The van der Waals surface area contributed by atoms with E-state index in [1.165, 1.54) is 0 Å². The fourth-order valence-electron chi connectivity index (χ4n) is 2.78. The van der Waals surface area contributed by atoms with Gasteiger partial charge in [-0.05, 0) is 31.9 Å². The van der Waals surface area contributed by atoms with Crippen molar-refractivity contribution in [3.63, 3.8) is 0 Å². The van der Waals surface area contributed by atoms with Crippen molar-refractivity contribution in [2.75, 3.05) is 18.6 Å². The van der Waals surface area contributed by atoms with E-state index in [9.17, 15) is 0 Å². The Hall–Kier alpha value is -1.75. The number of nitrogens with two attached hydrogens (primary N) is 1. The second-order valence-corrected chi connectivity index (χ2v) is 5.00. The van der Waals surface area contributed by atoms with Gasteiger partial charge >= 0.3 is 0 Å². The quantitative estimate of drug-likeness (QED) is 0.377. The summed E-state index contributed by atoms with van der Waals surface area (Å²) in [6.07, 6.45) is 1.17. The van der Waals surface area contributed by atoms with Gasteiger partial charge in [-0.1, -0.05) is 17.3 Å². The number of amidine groups is 1. The Morgan fingerprint density at radius 1 is 1.53 bits per heavy atom. The van der Waals surface area contributed by atoms with Gasteiger partial charge in [0.25, 0.3) is 0 Å². The Labute approximate surface area is 113 Å². The molecular formula is C14H21N3O2. The lowest BCUT2D eigenvalue weighted by atomic mass is 10.0. The molecule has 1 aromatic carbocycles. The number of rotatable bonds is 3. The lowest BCUT2D eigenvalue weighted by Crippen LogP contribution is -2.38. The minimum atomic E-state index is 0.136. The molecule has 2 rings (SSSR count). The van der Waals surface area contributed by atoms with E-state index in [0.717, 1.165) is 29.8 Å². The Balaban J connectivity index is 2.43. The molecule has 1 fully saturated rings. The molecule has 0 aromatic heterocycles. The predicted octanol–water partition coefficient (Wildman–Crippen LogP) is 1.70. The zero-order valence-corrected chi connectivity index (χ0v) is 11.6. The second-order valence-electron chi connectivity index (χ2n) is 5.00. The summed E-state index contributed by atoms with van der Waals surface area (Å²) in [5, 5.41) is 12.0. The molecular weight excluding hydrogens is 242 g/mol. The summed E-state index contributed by atoms with van der Waals surface area (Å²) in [4.78, 5) is 2.18. The fourth-order valence-corrected chi connectivity index (χ4v) is 2.78. The average Bonchev–Trinajstić information content (AvgIpc) is 2.83. The van der Waals surface area contributed by atoms with Gasteiger partial charge in [0.15, 0.2) is 5.84 Å². The van der Waals surface area contributed by atoms with Crippen LogP contribution < -0.4 is 10.6 Å². The highest BCUT2D eigenvalue weighted by atomic mass is 16.5. The molecule has 0 bridgehead atoms. The van der Waals surface area contributed by atoms with E-state index in [2.05, 4.69) is 17.0 Å². The van der Waals surface area contributed by atoms with Gasteiger partial charge in [0.1, 0.15) is 0 Å². The maximum absolute atomic E-state index is 8.92. The molecule has 0 amide bonds. The van der Waals surface area contributed by atoms with Gasteiger partial charge in [-0.25, -0.2) is 0 Å². The molecule has 1 heterocycles. The summed E-state index contributed by atoms with van der Waals surface area (Å²) in [5.74, 6) is 0.136. The van der Waals surface area contributed by atoms with Crippen molar-refractivity contribution in [3.8, 4) is 0 Å². The molecule has 1 aliphatic heterocycles. The third-order valence-corrected chi connectivity index (χ3v) is 3.81. The van der Waals surface area contributed by atoms with Crippen LogP contribution in [-0.4, -0.2) is 36.8 Å². The van der Waals surface area contributed by atoms with Crippen molar-refractivity contribution in [1.29, 1.82) is 0 Å². The summed E-state index contributed by atoms with van der Waals surface area (Å²) in [5.41, 5.74) is 8.63. The van der Waals surface area contributed by atoms with Crippen LogP contribution in [-0.2, 0) is 4.74 Å². The van der Waals surface area contributed by atoms with E-state index >= 15 is 0 Å². The number of anilines is 1. The molecule has 0 radical (unpaired) electrons. The zero-order chi connectivity index (χ0) is 14.0. The summed E-state index contributed by atoms with van der Waals surface area (Å²) >= 11 is 0. The summed E-state index contributed by atoms with van der Waals surface area (Å²) in [6, 6.07) is 6.12. The van der Waals surface area contributed by atoms with Gasteiger partial charge in [-0.2, -0.15) is 0 Å². The highest BCUT2D eigenvalue weighted by Crippen LogP contribution is 2.30. The number of ether oxygens (including phenoxy) is 1. The first-order valence-corrected chi connectivity index (χ1v) is 6.48. The number of hydrogen-bond donors (Lipinski definition) is 2. The van der Waals surface area contributed by atoms with E-state index in [4.69, 9.17) is 15.7 Å². The largest absolute Gasteiger partial charge is 0.409 e. The minimum Gasteiger partial charge on any atom is -0.409 e. The van der Waals surface area contributed by atoms with Crippen LogP contribution >= 0.6 is 0 Å². The Bertz CT molecular complexity index is 488. The standard InChI is InChI=1S/C14H21N3O2/c1-9-5-4-6-11(14(15)16-18)13(9)17(3)12-7-8-19-10(12)2/h4-6,10,12,18H,7-8H2,1-3H3,(H2,15,16). The van der Waals surface area contributed by atoms with Crippen molar-refractivity contribution in [2.45, 2.75) is 32.4 Å². The van der Waals surface area contributed by atoms with E-state index in [1.807, 2.05) is 32.2 Å². The van der Waals surface area contributed by atoms with Crippen molar-refractivity contribution < 1.29 is 9.94 Å². The number of likely N-dealkylation sites (N-methyl/N-ethyl adjacent to an activating group) is 1. The topological polar surface area (TPSA) is 71.1 Å². The molecule has 3 N–H and O–H groups in total. The lowest BCUT2D eigenvalue weighted by molar-refractivity contribution is 0.118. The van der Waals surface area contributed by atoms with Crippen LogP contribution in [0.2, 0.25) is 0 Å². The molecule has 1 aliphatic rings. The maximum Gasteiger partial charge on any atom is 0.172 e. The van der Waals surface area contributed by atoms with Gasteiger partial charge in [0.2, 0.25) is 0 Å². The summed E-state index contributed by atoms with van der Waals surface area (Å²) < 4.78 is 5.62. The zero-order valence-electron chi connectivity index (χ0n) is 11.6. The van der Waals surface area contributed by atoms with Crippen molar-refractivity contribution in [3.05, 3.63) is 29.3 Å². The Kier molecular flexibility index (Phi) is 3.95. The van der Waals surface area contributed by atoms with Crippen molar-refractivity contribution in [1.82, 2.24) is 0 Å². The number of aryl methyl sites for hydroxylation is 1. The first-order valence-electron chi connectivity index (χ1n) is 6.48. The number of oxime groups is 1. The van der Waals surface area contributed by atoms with E-state index < -0.39 is 0 Å². The SMILES string of the molecule is Cc1cccc(/C(N)=N/O)c1N(C)C1CCOC1C. The van der Waals surface area contributed by atoms with Gasteiger partial charge in [0.05, 0.1) is 17.8 Å². The van der Waals surface area contributed by atoms with Crippen LogP contribution in [0.1, 0.15) is 24.5 Å². The molecule has 5 nitrogen and oxygen atoms in total. The van der Waals surface area contributed by atoms with Gasteiger partial charge < -0.3 is 20.6 Å². The van der Waals surface area contributed by atoms with Crippen LogP contribution in [0.15, 0.2) is 23.4 Å². The van der Waals surface area contributed by atoms with Gasteiger partial charge in [-0.15, -0.1) is 0 Å². The number of hydrogen-bond acceptors (Lipinski definition) is 4. The molecule has 1 aromatic rings. The smallest absolute Gasteiger partial charge is 0.172 e. The van der Waals surface area contributed by atoms with E-state index in [-0.39, 0.29) is 11.9 Å². The van der Waals surface area contributed by atoms with Crippen LogP contribution in [0.25, 0.3) is 0 Å². The van der Waals surface area contributed by atoms with E-state index in [1.54, 1.807) is 0 Å². The third kappa shape index (κ3) is 2.51. The molecule has 1 saturated heterocycles. The lowest BCUT2D eigenvalue weighted by Gasteiger charge is -2.31. The average molecular weight is 263 g/mol. The first kappa shape index (κ1) is 13.7. The molecule has 2 unspecified atom stereocenters. The molecule has 2 atom stereocenters. The number of para-hydroxylation sites is 1. The Morgan fingerprint density at radius 3 is 2.84 bits per heavy atom. The van der Waals surface area contributed by atoms with Gasteiger partial charge in [0, 0.05) is 19.2 Å². The third-order valence-electron chi connectivity index (χ3n) is 3.81. The molecule has 104 valence electrons. The Morgan fingerprint density at radius 2 is 2.26 bits per heavy atom. The maximum atomic E-state index is 8.92. The van der Waals surface area contributed by atoms with Crippen LogP contribution in [0.4, 0.5) is 5.69 Å². The van der Waals surface area contributed by atoms with E-state index in [0.29, 0.717) is 6.04 Å². The molecule has 19 heavy (non-hydrogen) atoms. The highest BCUT2D eigenvalue weighted by Gasteiger charge is 2.30. The summed E-state index contributed by atoms with van der Waals surface area (Å²) in [7, 11) is 2.03. The van der Waals surface area contributed by atoms with Crippen LogP contribution in [0.5, 0.6) is 0 Å². The van der Waals surface area contributed by atoms with Crippen molar-refractivity contribution >= 4 is 11.5 Å². The monoisotopic (exact) mass is 263 g/mol. The van der Waals surface area contributed by atoms with Crippen molar-refractivity contribution in [2.24, 2.45) is 10.9 Å². The van der Waals surface area contributed by atoms with Crippen LogP contribution in [0, 0.1) is 6.92 Å². The molecule has 0 saturated carbocycles. The van der Waals surface area contributed by atoms with Crippen LogP contribution in [0.3, 0.4) is 0 Å². The fraction of sp³-hybridized carbons (Fsp3) is 0.500. The predicted molar refractivity (Wildman–Crippen MR) is 75.9 cm³/mol. The molecule has 0 spiro atoms. The molecule has 5 heteroatoms. The first-order chi connectivity index (χ1) is 9.06. The second kappa shape index (κ2) is 5.48. The number of nitrogens with zero attached hydrogens (tertiary/aromatic N) is 2.